The van der Waals surface area contributed by atoms with E-state index in [0.717, 1.165) is 70.6 Å². The molecule has 0 aliphatic carbocycles. The second kappa shape index (κ2) is 10.6. The molecule has 4 aromatic carbocycles. The molecule has 0 radical (unpaired) electrons. The van der Waals surface area contributed by atoms with Gasteiger partial charge in [-0.1, -0.05) is 48.5 Å². The molecule has 2 heterocycles. The topological polar surface area (TPSA) is 62.0 Å². The van der Waals surface area contributed by atoms with Gasteiger partial charge in [0, 0.05) is 21.5 Å². The standard InChI is InChI=1S/C30H30O6/c1(15-31-27-11-3-9-25-23(27)7-5-13-29(25)35-19-21-17-33-21)2-16-32-28-12-4-10-26-24(28)8-6-14-30(26)36-20-22-18-34-22/h3-14,21-22H,1-2,15-20H2. The van der Waals surface area contributed by atoms with Crippen molar-refractivity contribution in [3.63, 3.8) is 0 Å². The number of benzene rings is 4. The quantitative estimate of drug-likeness (QED) is 0.176. The van der Waals surface area contributed by atoms with E-state index < -0.39 is 0 Å². The van der Waals surface area contributed by atoms with E-state index in [2.05, 4.69) is 24.3 Å². The van der Waals surface area contributed by atoms with E-state index in [1.54, 1.807) is 0 Å². The molecule has 2 atom stereocenters. The molecule has 6 nitrogen and oxygen atoms in total. The fraction of sp³-hybridized carbons (Fsp3) is 0.333. The summed E-state index contributed by atoms with van der Waals surface area (Å²) in [5, 5.41) is 4.24. The molecule has 2 aliphatic rings. The number of hydrogen-bond acceptors (Lipinski definition) is 6. The Balaban J connectivity index is 1.01. The van der Waals surface area contributed by atoms with Crippen molar-refractivity contribution < 1.29 is 28.4 Å². The first-order chi connectivity index (χ1) is 17.8. The highest BCUT2D eigenvalue weighted by Crippen LogP contribution is 2.34. The maximum Gasteiger partial charge on any atom is 0.127 e. The predicted octanol–water partition coefficient (Wildman–Crippen LogP) is 5.79. The lowest BCUT2D eigenvalue weighted by molar-refractivity contribution is 0.264. The van der Waals surface area contributed by atoms with Crippen LogP contribution < -0.4 is 18.9 Å². The largest absolute Gasteiger partial charge is 0.493 e. The van der Waals surface area contributed by atoms with Crippen LogP contribution >= 0.6 is 0 Å². The smallest absolute Gasteiger partial charge is 0.127 e. The van der Waals surface area contributed by atoms with Gasteiger partial charge in [-0.3, -0.25) is 0 Å². The summed E-state index contributed by atoms with van der Waals surface area (Å²) >= 11 is 0. The Bertz CT molecular complexity index is 1220. The van der Waals surface area contributed by atoms with E-state index in [4.69, 9.17) is 28.4 Å². The van der Waals surface area contributed by atoms with Crippen molar-refractivity contribution in [1.29, 1.82) is 0 Å². The Morgan fingerprint density at radius 1 is 0.500 bits per heavy atom. The number of rotatable bonds is 13. The minimum Gasteiger partial charge on any atom is -0.493 e. The van der Waals surface area contributed by atoms with E-state index >= 15 is 0 Å². The minimum absolute atomic E-state index is 0.230. The first-order valence-corrected chi connectivity index (χ1v) is 12.6. The molecule has 6 rings (SSSR count). The van der Waals surface area contributed by atoms with Gasteiger partial charge in [-0.2, -0.15) is 0 Å². The zero-order valence-electron chi connectivity index (χ0n) is 20.2. The van der Waals surface area contributed by atoms with E-state index in [1.165, 1.54) is 0 Å². The van der Waals surface area contributed by atoms with Crippen LogP contribution in [0.25, 0.3) is 21.5 Å². The second-order valence-corrected chi connectivity index (χ2v) is 9.15. The molecule has 0 amide bonds. The molecular formula is C30H30O6. The Morgan fingerprint density at radius 2 is 0.833 bits per heavy atom. The maximum atomic E-state index is 6.14. The molecule has 2 fully saturated rings. The molecule has 0 bridgehead atoms. The van der Waals surface area contributed by atoms with Gasteiger partial charge in [0.05, 0.1) is 26.4 Å². The van der Waals surface area contributed by atoms with Crippen LogP contribution in [-0.2, 0) is 9.47 Å². The third kappa shape index (κ3) is 5.50. The van der Waals surface area contributed by atoms with Gasteiger partial charge in [0.1, 0.15) is 48.4 Å². The van der Waals surface area contributed by atoms with Crippen molar-refractivity contribution in [3.8, 4) is 23.0 Å². The molecule has 0 saturated carbocycles. The average Bonchev–Trinajstić information content (AvgIpc) is 3.84. The third-order valence-electron chi connectivity index (χ3n) is 6.39. The normalized spacial score (nSPS) is 18.2. The Kier molecular flexibility index (Phi) is 6.79. The van der Waals surface area contributed by atoms with Gasteiger partial charge in [0.15, 0.2) is 0 Å². The van der Waals surface area contributed by atoms with Crippen LogP contribution in [0.3, 0.4) is 0 Å². The lowest BCUT2D eigenvalue weighted by Crippen LogP contribution is -2.05. The van der Waals surface area contributed by atoms with Gasteiger partial charge in [-0.15, -0.1) is 0 Å². The SMILES string of the molecule is c1cc(OCC2CO2)c2cccc(OCCCCOc3cccc4c(OCC5CO5)cccc34)c2c1. The van der Waals surface area contributed by atoms with Gasteiger partial charge >= 0.3 is 0 Å². The molecule has 0 N–H and O–H groups in total. The van der Waals surface area contributed by atoms with Gasteiger partial charge in [0.2, 0.25) is 0 Å². The van der Waals surface area contributed by atoms with Gasteiger partial charge < -0.3 is 28.4 Å². The Morgan fingerprint density at radius 3 is 1.17 bits per heavy atom. The monoisotopic (exact) mass is 486 g/mol. The first kappa shape index (κ1) is 23.0. The zero-order valence-corrected chi connectivity index (χ0v) is 20.2. The molecular weight excluding hydrogens is 456 g/mol. The molecule has 2 aliphatic heterocycles. The van der Waals surface area contributed by atoms with Gasteiger partial charge in [-0.05, 0) is 37.1 Å². The van der Waals surface area contributed by atoms with Gasteiger partial charge in [0.25, 0.3) is 0 Å². The molecule has 36 heavy (non-hydrogen) atoms. The van der Waals surface area contributed by atoms with Crippen molar-refractivity contribution in [2.75, 3.05) is 39.6 Å². The van der Waals surface area contributed by atoms with Crippen molar-refractivity contribution in [2.45, 2.75) is 25.0 Å². The minimum atomic E-state index is 0.230. The number of hydrogen-bond donors (Lipinski definition) is 0. The highest BCUT2D eigenvalue weighted by molar-refractivity contribution is 5.93. The predicted molar refractivity (Wildman–Crippen MR) is 139 cm³/mol. The third-order valence-corrected chi connectivity index (χ3v) is 6.39. The lowest BCUT2D eigenvalue weighted by Gasteiger charge is -2.13. The van der Waals surface area contributed by atoms with Crippen LogP contribution in [-0.4, -0.2) is 51.8 Å². The lowest BCUT2D eigenvalue weighted by atomic mass is 10.1. The molecule has 186 valence electrons. The summed E-state index contributed by atoms with van der Waals surface area (Å²) in [5.41, 5.74) is 0. The summed E-state index contributed by atoms with van der Waals surface area (Å²) in [6.45, 7) is 4.00. The van der Waals surface area contributed by atoms with Crippen molar-refractivity contribution >= 4 is 21.5 Å². The maximum absolute atomic E-state index is 6.14. The van der Waals surface area contributed by atoms with Crippen molar-refractivity contribution in [3.05, 3.63) is 72.8 Å². The Hall–Kier alpha value is -3.48. The second-order valence-electron chi connectivity index (χ2n) is 9.15. The highest BCUT2D eigenvalue weighted by atomic mass is 16.6. The number of unbranched alkanes of at least 4 members (excludes halogenated alkanes) is 1. The summed E-state index contributed by atoms with van der Waals surface area (Å²) in [6.07, 6.45) is 2.25. The number of fused-ring (bicyclic) bond motifs is 2. The van der Waals surface area contributed by atoms with Crippen molar-refractivity contribution in [1.82, 2.24) is 0 Å². The molecule has 2 unspecified atom stereocenters. The summed E-state index contributed by atoms with van der Waals surface area (Å²) in [6, 6.07) is 24.3. The Labute approximate surface area is 210 Å². The molecule has 6 heteroatoms. The van der Waals surface area contributed by atoms with Crippen LogP contribution in [0.2, 0.25) is 0 Å². The number of ether oxygens (including phenoxy) is 6. The average molecular weight is 487 g/mol. The van der Waals surface area contributed by atoms with Gasteiger partial charge in [-0.25, -0.2) is 0 Å². The molecule has 4 aromatic rings. The van der Waals surface area contributed by atoms with Crippen LogP contribution in [0.15, 0.2) is 72.8 Å². The highest BCUT2D eigenvalue weighted by Gasteiger charge is 2.24. The summed E-state index contributed by atoms with van der Waals surface area (Å²) in [5.74, 6) is 3.48. The summed E-state index contributed by atoms with van der Waals surface area (Å²) < 4.78 is 34.7. The van der Waals surface area contributed by atoms with E-state index in [1.807, 2.05) is 48.5 Å². The van der Waals surface area contributed by atoms with Crippen LogP contribution in [0.5, 0.6) is 23.0 Å². The van der Waals surface area contributed by atoms with Crippen molar-refractivity contribution in [2.24, 2.45) is 0 Å². The zero-order chi connectivity index (χ0) is 24.2. The molecule has 0 aromatic heterocycles. The van der Waals surface area contributed by atoms with E-state index in [9.17, 15) is 0 Å². The van der Waals surface area contributed by atoms with Crippen LogP contribution in [0.1, 0.15) is 12.8 Å². The van der Waals surface area contributed by atoms with E-state index in [0.29, 0.717) is 26.4 Å². The fourth-order valence-electron chi connectivity index (χ4n) is 4.27. The van der Waals surface area contributed by atoms with E-state index in [-0.39, 0.29) is 12.2 Å². The number of epoxide rings is 2. The fourth-order valence-corrected chi connectivity index (χ4v) is 4.27. The molecule has 0 spiro atoms. The summed E-state index contributed by atoms with van der Waals surface area (Å²) in [7, 11) is 0. The van der Waals surface area contributed by atoms with Crippen LogP contribution in [0.4, 0.5) is 0 Å². The van der Waals surface area contributed by atoms with Crippen LogP contribution in [0, 0.1) is 0 Å². The summed E-state index contributed by atoms with van der Waals surface area (Å²) in [4.78, 5) is 0. The first-order valence-electron chi connectivity index (χ1n) is 12.6. The molecule has 2 saturated heterocycles.